The van der Waals surface area contributed by atoms with Crippen molar-refractivity contribution in [1.82, 2.24) is 10.2 Å². The van der Waals surface area contributed by atoms with Crippen LogP contribution in [0.4, 0.5) is 0 Å². The third-order valence-electron chi connectivity index (χ3n) is 4.82. The molecule has 0 fully saturated rings. The van der Waals surface area contributed by atoms with Crippen LogP contribution in [0.2, 0.25) is 0 Å². The van der Waals surface area contributed by atoms with Gasteiger partial charge in [0.1, 0.15) is 10.0 Å². The molecule has 2 aromatic heterocycles. The first-order chi connectivity index (χ1) is 14.5. The van der Waals surface area contributed by atoms with E-state index >= 15 is 0 Å². The highest BCUT2D eigenvalue weighted by Gasteiger charge is 2.14. The van der Waals surface area contributed by atoms with Crippen LogP contribution >= 0.6 is 22.7 Å². The summed E-state index contributed by atoms with van der Waals surface area (Å²) in [5.41, 5.74) is 5.78. The topological polar surface area (TPSA) is 69.8 Å². The van der Waals surface area contributed by atoms with Crippen LogP contribution in [-0.4, -0.2) is 15.3 Å². The van der Waals surface area contributed by atoms with E-state index in [1.165, 1.54) is 11.3 Å². The van der Waals surface area contributed by atoms with E-state index in [4.69, 9.17) is 0 Å². The Bertz CT molecular complexity index is 1250. The van der Waals surface area contributed by atoms with Gasteiger partial charge in [0.15, 0.2) is 0 Å². The molecule has 2 heterocycles. The molecule has 0 spiro atoms. The molecule has 4 aromatic rings. The van der Waals surface area contributed by atoms with Crippen molar-refractivity contribution in [3.05, 3.63) is 82.9 Å². The van der Waals surface area contributed by atoms with Crippen molar-refractivity contribution in [1.29, 1.82) is 5.26 Å². The molecule has 4 rings (SSSR count). The molecule has 0 unspecified atom stereocenters. The smallest absolute Gasteiger partial charge is 0.148 e. The summed E-state index contributed by atoms with van der Waals surface area (Å²) in [6.07, 6.45) is 1.32. The van der Waals surface area contributed by atoms with Crippen molar-refractivity contribution in [2.24, 2.45) is 0 Å². The fraction of sp³-hybridized carbons (Fsp3) is 0.125. The predicted molar refractivity (Wildman–Crippen MR) is 124 cm³/mol. The second-order valence-corrected chi connectivity index (χ2v) is 8.90. The molecule has 0 aliphatic carbocycles. The Morgan fingerprint density at radius 3 is 2.60 bits per heavy atom. The third-order valence-corrected chi connectivity index (χ3v) is 6.73. The third kappa shape index (κ3) is 4.18. The normalized spacial score (nSPS) is 10.7. The Kier molecular flexibility index (Phi) is 5.75. The number of aliphatic hydroxyl groups excluding tert-OH is 1. The van der Waals surface area contributed by atoms with Gasteiger partial charge in [-0.15, -0.1) is 21.5 Å². The lowest BCUT2D eigenvalue weighted by molar-refractivity contribution is 0.391. The Hall–Kier alpha value is -3.27. The lowest BCUT2D eigenvalue weighted by Gasteiger charge is -2.06. The van der Waals surface area contributed by atoms with Gasteiger partial charge in [-0.05, 0) is 42.0 Å². The number of aromatic nitrogens is 2. The SMILES string of the molecule is C=C(O)CCc1ccc(-c2nnc(-c3ccc(-c4cccs4)c(C#N)c3)s2)c(C)c1. The van der Waals surface area contributed by atoms with E-state index in [0.29, 0.717) is 12.0 Å². The first-order valence-corrected chi connectivity index (χ1v) is 11.1. The van der Waals surface area contributed by atoms with Gasteiger partial charge in [0.05, 0.1) is 17.4 Å². The number of rotatable bonds is 6. The van der Waals surface area contributed by atoms with Gasteiger partial charge in [0.25, 0.3) is 0 Å². The highest BCUT2D eigenvalue weighted by Crippen LogP contribution is 2.35. The summed E-state index contributed by atoms with van der Waals surface area (Å²) >= 11 is 3.14. The minimum atomic E-state index is 0.201. The van der Waals surface area contributed by atoms with Crippen molar-refractivity contribution >= 4 is 22.7 Å². The second-order valence-electron chi connectivity index (χ2n) is 6.98. The summed E-state index contributed by atoms with van der Waals surface area (Å²) in [5, 5.41) is 31.3. The van der Waals surface area contributed by atoms with Gasteiger partial charge in [0.2, 0.25) is 0 Å². The maximum Gasteiger partial charge on any atom is 0.148 e. The molecule has 0 amide bonds. The molecule has 0 aliphatic heterocycles. The number of thiophene rings is 1. The molecule has 0 saturated carbocycles. The molecule has 0 radical (unpaired) electrons. The zero-order valence-corrected chi connectivity index (χ0v) is 18.1. The summed E-state index contributed by atoms with van der Waals surface area (Å²) in [7, 11) is 0. The molecule has 4 nitrogen and oxygen atoms in total. The summed E-state index contributed by atoms with van der Waals surface area (Å²) in [5.74, 6) is 0.201. The van der Waals surface area contributed by atoms with Crippen LogP contribution in [0.3, 0.4) is 0 Å². The van der Waals surface area contributed by atoms with Gasteiger partial charge in [0, 0.05) is 28.0 Å². The van der Waals surface area contributed by atoms with E-state index in [2.05, 4.69) is 48.0 Å². The maximum absolute atomic E-state index is 9.61. The molecule has 0 bridgehead atoms. The van der Waals surface area contributed by atoms with Gasteiger partial charge in [-0.1, -0.05) is 54.3 Å². The Balaban J connectivity index is 1.62. The largest absolute Gasteiger partial charge is 0.513 e. The minimum Gasteiger partial charge on any atom is -0.513 e. The van der Waals surface area contributed by atoms with E-state index in [0.717, 1.165) is 49.1 Å². The average molecular weight is 430 g/mol. The number of hydrogen-bond acceptors (Lipinski definition) is 6. The van der Waals surface area contributed by atoms with Gasteiger partial charge >= 0.3 is 0 Å². The molecule has 0 atom stereocenters. The van der Waals surface area contributed by atoms with Crippen LogP contribution in [0.15, 0.2) is 66.2 Å². The molecule has 6 heteroatoms. The predicted octanol–water partition coefficient (Wildman–Crippen LogP) is 6.79. The average Bonchev–Trinajstić information content (AvgIpc) is 3.44. The molecule has 0 aliphatic rings. The zero-order valence-electron chi connectivity index (χ0n) is 16.4. The molecule has 2 aromatic carbocycles. The fourth-order valence-electron chi connectivity index (χ4n) is 3.28. The van der Waals surface area contributed by atoms with Crippen LogP contribution in [0.5, 0.6) is 0 Å². The van der Waals surface area contributed by atoms with Crippen molar-refractivity contribution < 1.29 is 5.11 Å². The lowest BCUT2D eigenvalue weighted by atomic mass is 10.0. The van der Waals surface area contributed by atoms with E-state index in [9.17, 15) is 10.4 Å². The standard InChI is InChI=1S/C24H19N3OS2/c1-15-12-17(6-5-16(2)28)7-9-20(15)24-27-26-23(30-24)18-8-10-21(19(13-18)14-25)22-4-3-11-29-22/h3-4,7-13,28H,2,5-6H2,1H3. The second kappa shape index (κ2) is 8.62. The van der Waals surface area contributed by atoms with Gasteiger partial charge in [-0.2, -0.15) is 5.26 Å². The van der Waals surface area contributed by atoms with E-state index in [1.54, 1.807) is 11.3 Å². The monoisotopic (exact) mass is 429 g/mol. The maximum atomic E-state index is 9.61. The Labute approximate surface area is 183 Å². The number of aryl methyl sites for hydroxylation is 2. The first-order valence-electron chi connectivity index (χ1n) is 9.43. The number of allylic oxidation sites excluding steroid dienone is 1. The summed E-state index contributed by atoms with van der Waals surface area (Å²) < 4.78 is 0. The van der Waals surface area contributed by atoms with E-state index < -0.39 is 0 Å². The van der Waals surface area contributed by atoms with Crippen LogP contribution in [0.25, 0.3) is 31.6 Å². The number of nitrogens with zero attached hydrogens (tertiary/aromatic N) is 3. The fourth-order valence-corrected chi connectivity index (χ4v) is 4.97. The summed E-state index contributed by atoms with van der Waals surface area (Å²) in [6, 6.07) is 18.4. The molecule has 1 N–H and O–H groups in total. The number of benzene rings is 2. The number of aliphatic hydroxyl groups is 1. The van der Waals surface area contributed by atoms with Gasteiger partial charge in [-0.25, -0.2) is 0 Å². The molecular formula is C24H19N3OS2. The van der Waals surface area contributed by atoms with E-state index in [1.807, 2.05) is 35.7 Å². The highest BCUT2D eigenvalue weighted by atomic mass is 32.1. The highest BCUT2D eigenvalue weighted by molar-refractivity contribution is 7.18. The molecule has 148 valence electrons. The molecule has 30 heavy (non-hydrogen) atoms. The van der Waals surface area contributed by atoms with Crippen LogP contribution < -0.4 is 0 Å². The Morgan fingerprint density at radius 2 is 1.90 bits per heavy atom. The Morgan fingerprint density at radius 1 is 1.10 bits per heavy atom. The lowest BCUT2D eigenvalue weighted by Crippen LogP contribution is -1.90. The minimum absolute atomic E-state index is 0.201. The zero-order chi connectivity index (χ0) is 21.1. The summed E-state index contributed by atoms with van der Waals surface area (Å²) in [4.78, 5) is 1.08. The number of nitriles is 1. The molecular weight excluding hydrogens is 410 g/mol. The van der Waals surface area contributed by atoms with E-state index in [-0.39, 0.29) is 5.76 Å². The van der Waals surface area contributed by atoms with Crippen LogP contribution in [0, 0.1) is 18.3 Å². The van der Waals surface area contributed by atoms with Crippen molar-refractivity contribution in [3.8, 4) is 37.7 Å². The first kappa shape index (κ1) is 20.0. The van der Waals surface area contributed by atoms with Crippen LogP contribution in [0.1, 0.15) is 23.1 Å². The summed E-state index contributed by atoms with van der Waals surface area (Å²) in [6.45, 7) is 5.59. The van der Waals surface area contributed by atoms with Crippen LogP contribution in [-0.2, 0) is 6.42 Å². The van der Waals surface area contributed by atoms with Gasteiger partial charge < -0.3 is 5.11 Å². The molecule has 0 saturated heterocycles. The van der Waals surface area contributed by atoms with Crippen molar-refractivity contribution in [2.75, 3.05) is 0 Å². The quantitative estimate of drug-likeness (QED) is 0.343. The van der Waals surface area contributed by atoms with Crippen molar-refractivity contribution in [3.63, 3.8) is 0 Å². The van der Waals surface area contributed by atoms with Gasteiger partial charge in [-0.3, -0.25) is 0 Å². The van der Waals surface area contributed by atoms with Crippen molar-refractivity contribution in [2.45, 2.75) is 19.8 Å². The number of hydrogen-bond donors (Lipinski definition) is 1.